The lowest BCUT2D eigenvalue weighted by Gasteiger charge is -2.26. The summed E-state index contributed by atoms with van der Waals surface area (Å²) in [6, 6.07) is 6.73. The van der Waals surface area contributed by atoms with Gasteiger partial charge in [-0.25, -0.2) is 4.39 Å². The Morgan fingerprint density at radius 1 is 1.15 bits per heavy atom. The molecule has 0 heterocycles. The lowest BCUT2D eigenvalue weighted by atomic mass is 10.1. The van der Waals surface area contributed by atoms with Crippen LogP contribution in [0, 0.1) is 5.82 Å². The molecule has 1 unspecified atom stereocenters. The predicted octanol–water partition coefficient (Wildman–Crippen LogP) is 2.26. The van der Waals surface area contributed by atoms with Gasteiger partial charge in [-0.05, 0) is 38.2 Å². The number of guanidine groups is 1. The second kappa shape index (κ2) is 15.1. The summed E-state index contributed by atoms with van der Waals surface area (Å²) in [5.41, 5.74) is 1.06. The van der Waals surface area contributed by atoms with Crippen molar-refractivity contribution < 1.29 is 13.9 Å². The molecule has 0 aromatic heterocycles. The molecule has 1 atom stereocenters. The molecule has 26 heavy (non-hydrogen) atoms. The highest BCUT2D eigenvalue weighted by Gasteiger charge is 2.14. The van der Waals surface area contributed by atoms with Gasteiger partial charge < -0.3 is 25.0 Å². The molecule has 150 valence electrons. The van der Waals surface area contributed by atoms with Crippen molar-refractivity contribution in [1.29, 1.82) is 0 Å². The average molecular weight is 482 g/mol. The van der Waals surface area contributed by atoms with E-state index in [9.17, 15) is 4.39 Å². The zero-order valence-electron chi connectivity index (χ0n) is 16.1. The molecule has 0 bridgehead atoms. The van der Waals surface area contributed by atoms with Crippen LogP contribution in [0.2, 0.25) is 0 Å². The molecular weight excluding hydrogens is 450 g/mol. The van der Waals surface area contributed by atoms with Crippen molar-refractivity contribution >= 4 is 29.9 Å². The molecular formula is C18H32FIN4O2. The third-order valence-electron chi connectivity index (χ3n) is 3.75. The summed E-state index contributed by atoms with van der Waals surface area (Å²) in [7, 11) is 7.41. The Kier molecular flexibility index (Phi) is 14.6. The second-order valence-electron chi connectivity index (χ2n) is 5.87. The first-order valence-electron chi connectivity index (χ1n) is 8.51. The molecule has 0 aliphatic carbocycles. The SMILES string of the molecule is CN=C(NCCCOCCOC)NCC(c1ccc(F)cc1)N(C)C.I. The van der Waals surface area contributed by atoms with Crippen molar-refractivity contribution in [2.75, 3.05) is 61.2 Å². The summed E-state index contributed by atoms with van der Waals surface area (Å²) < 4.78 is 23.5. The average Bonchev–Trinajstić information content (AvgIpc) is 2.60. The van der Waals surface area contributed by atoms with Crippen LogP contribution in [0.1, 0.15) is 18.0 Å². The summed E-state index contributed by atoms with van der Waals surface area (Å²) >= 11 is 0. The monoisotopic (exact) mass is 482 g/mol. The molecule has 0 fully saturated rings. The van der Waals surface area contributed by atoms with Gasteiger partial charge in [0.15, 0.2) is 5.96 Å². The fourth-order valence-corrected chi connectivity index (χ4v) is 2.32. The molecule has 1 aromatic carbocycles. The summed E-state index contributed by atoms with van der Waals surface area (Å²) in [5.74, 6) is 0.519. The molecule has 8 heteroatoms. The molecule has 2 N–H and O–H groups in total. The number of aliphatic imine (C=N–C) groups is 1. The van der Waals surface area contributed by atoms with E-state index in [-0.39, 0.29) is 35.8 Å². The molecule has 0 aliphatic rings. The van der Waals surface area contributed by atoms with Crippen LogP contribution < -0.4 is 10.6 Å². The summed E-state index contributed by atoms with van der Waals surface area (Å²) in [6.07, 6.45) is 0.888. The van der Waals surface area contributed by atoms with Crippen molar-refractivity contribution in [1.82, 2.24) is 15.5 Å². The van der Waals surface area contributed by atoms with Crippen LogP contribution >= 0.6 is 24.0 Å². The zero-order valence-corrected chi connectivity index (χ0v) is 18.5. The Labute approximate surface area is 173 Å². The van der Waals surface area contributed by atoms with Crippen LogP contribution in [0.15, 0.2) is 29.3 Å². The van der Waals surface area contributed by atoms with Crippen LogP contribution in [0.4, 0.5) is 4.39 Å². The molecule has 0 aliphatic heterocycles. The lowest BCUT2D eigenvalue weighted by molar-refractivity contribution is 0.0698. The van der Waals surface area contributed by atoms with Gasteiger partial charge in [-0.3, -0.25) is 4.99 Å². The Hall–Kier alpha value is -0.970. The van der Waals surface area contributed by atoms with E-state index >= 15 is 0 Å². The van der Waals surface area contributed by atoms with Gasteiger partial charge >= 0.3 is 0 Å². The standard InChI is InChI=1S/C18H31FN4O2.HI/c1-20-18(21-10-5-11-25-13-12-24-4)22-14-17(23(2)3)15-6-8-16(19)9-7-15;/h6-9,17H,5,10-14H2,1-4H3,(H2,20,21,22);1H. The first kappa shape index (κ1) is 25.0. The van der Waals surface area contributed by atoms with Gasteiger partial charge in [-0.2, -0.15) is 0 Å². The van der Waals surface area contributed by atoms with Crippen LogP contribution in [0.3, 0.4) is 0 Å². The third kappa shape index (κ3) is 10.2. The first-order valence-corrected chi connectivity index (χ1v) is 8.51. The van der Waals surface area contributed by atoms with E-state index in [1.54, 1.807) is 14.2 Å². The van der Waals surface area contributed by atoms with E-state index in [0.29, 0.717) is 26.4 Å². The van der Waals surface area contributed by atoms with E-state index in [1.807, 2.05) is 26.2 Å². The number of likely N-dealkylation sites (N-methyl/N-ethyl adjacent to an activating group) is 1. The van der Waals surface area contributed by atoms with Gasteiger partial charge in [0.25, 0.3) is 0 Å². The van der Waals surface area contributed by atoms with Gasteiger partial charge in [-0.15, -0.1) is 24.0 Å². The number of nitrogens with zero attached hydrogens (tertiary/aromatic N) is 2. The number of methoxy groups -OCH3 is 1. The van der Waals surface area contributed by atoms with E-state index < -0.39 is 0 Å². The highest BCUT2D eigenvalue weighted by molar-refractivity contribution is 14.0. The maximum Gasteiger partial charge on any atom is 0.191 e. The number of benzene rings is 1. The minimum atomic E-state index is -0.223. The minimum Gasteiger partial charge on any atom is -0.382 e. The molecule has 0 saturated heterocycles. The number of rotatable bonds is 11. The molecule has 0 amide bonds. The van der Waals surface area contributed by atoms with Crippen molar-refractivity contribution in [2.24, 2.45) is 4.99 Å². The van der Waals surface area contributed by atoms with Gasteiger partial charge in [0.1, 0.15) is 5.82 Å². The van der Waals surface area contributed by atoms with Gasteiger partial charge in [0.2, 0.25) is 0 Å². The number of ether oxygens (including phenoxy) is 2. The smallest absolute Gasteiger partial charge is 0.191 e. The van der Waals surface area contributed by atoms with Crippen LogP contribution in [-0.4, -0.2) is 72.0 Å². The number of hydrogen-bond acceptors (Lipinski definition) is 4. The Bertz CT molecular complexity index is 500. The van der Waals surface area contributed by atoms with Gasteiger partial charge in [0.05, 0.1) is 19.3 Å². The third-order valence-corrected chi connectivity index (χ3v) is 3.75. The fraction of sp³-hybridized carbons (Fsp3) is 0.611. The summed E-state index contributed by atoms with van der Waals surface area (Å²) in [5, 5.41) is 6.58. The van der Waals surface area contributed by atoms with E-state index in [2.05, 4.69) is 20.5 Å². The highest BCUT2D eigenvalue weighted by Crippen LogP contribution is 2.17. The Morgan fingerprint density at radius 2 is 1.85 bits per heavy atom. The topological polar surface area (TPSA) is 58.1 Å². The Balaban J connectivity index is 0.00000625. The largest absolute Gasteiger partial charge is 0.382 e. The normalized spacial score (nSPS) is 12.6. The first-order chi connectivity index (χ1) is 12.1. The van der Waals surface area contributed by atoms with Gasteiger partial charge in [-0.1, -0.05) is 12.1 Å². The summed E-state index contributed by atoms with van der Waals surface area (Å²) in [6.45, 7) is 3.36. The van der Waals surface area contributed by atoms with Crippen molar-refractivity contribution in [3.8, 4) is 0 Å². The quantitative estimate of drug-likeness (QED) is 0.220. The Morgan fingerprint density at radius 3 is 2.42 bits per heavy atom. The minimum absolute atomic E-state index is 0. The maximum absolute atomic E-state index is 13.1. The van der Waals surface area contributed by atoms with Crippen LogP contribution in [0.5, 0.6) is 0 Å². The lowest BCUT2D eigenvalue weighted by Crippen LogP contribution is -2.42. The van der Waals surface area contributed by atoms with Gasteiger partial charge in [0, 0.05) is 33.9 Å². The predicted molar refractivity (Wildman–Crippen MR) is 115 cm³/mol. The molecule has 0 spiro atoms. The molecule has 0 saturated carbocycles. The molecule has 1 rings (SSSR count). The number of hydrogen-bond donors (Lipinski definition) is 2. The zero-order chi connectivity index (χ0) is 18.5. The van der Waals surface area contributed by atoms with Crippen molar-refractivity contribution in [2.45, 2.75) is 12.5 Å². The van der Waals surface area contributed by atoms with Crippen molar-refractivity contribution in [3.63, 3.8) is 0 Å². The second-order valence-corrected chi connectivity index (χ2v) is 5.87. The van der Waals surface area contributed by atoms with Crippen LogP contribution in [-0.2, 0) is 9.47 Å². The molecule has 0 radical (unpaired) electrons. The maximum atomic E-state index is 13.1. The van der Waals surface area contributed by atoms with Crippen LogP contribution in [0.25, 0.3) is 0 Å². The molecule has 1 aromatic rings. The van der Waals surface area contributed by atoms with E-state index in [1.165, 1.54) is 12.1 Å². The van der Waals surface area contributed by atoms with E-state index in [0.717, 1.165) is 24.5 Å². The number of nitrogens with one attached hydrogen (secondary N) is 2. The highest BCUT2D eigenvalue weighted by atomic mass is 127. The number of halogens is 2. The van der Waals surface area contributed by atoms with E-state index in [4.69, 9.17) is 9.47 Å². The molecule has 6 nitrogen and oxygen atoms in total. The van der Waals surface area contributed by atoms with Crippen molar-refractivity contribution in [3.05, 3.63) is 35.6 Å². The summed E-state index contributed by atoms with van der Waals surface area (Å²) in [4.78, 5) is 6.32. The fourth-order valence-electron chi connectivity index (χ4n) is 2.32.